The minimum absolute atomic E-state index is 0.0927. The molecule has 5 heteroatoms. The summed E-state index contributed by atoms with van der Waals surface area (Å²) in [6.07, 6.45) is 4.02. The van der Waals surface area contributed by atoms with Crippen LogP contribution in [0.3, 0.4) is 0 Å². The van der Waals surface area contributed by atoms with E-state index in [0.29, 0.717) is 11.6 Å². The first-order valence-electron chi connectivity index (χ1n) is 9.79. The molecular formula is C21H28N4O. The van der Waals surface area contributed by atoms with Crippen molar-refractivity contribution in [2.24, 2.45) is 0 Å². The van der Waals surface area contributed by atoms with Crippen molar-refractivity contribution in [3.63, 3.8) is 0 Å². The van der Waals surface area contributed by atoms with Crippen LogP contribution in [0.25, 0.3) is 0 Å². The van der Waals surface area contributed by atoms with Crippen molar-refractivity contribution in [1.29, 1.82) is 0 Å². The zero-order valence-electron chi connectivity index (χ0n) is 15.8. The van der Waals surface area contributed by atoms with Gasteiger partial charge in [0.05, 0.1) is 0 Å². The molecule has 1 atom stereocenters. The van der Waals surface area contributed by atoms with E-state index in [1.807, 2.05) is 11.1 Å². The van der Waals surface area contributed by atoms with Gasteiger partial charge in [-0.25, -0.2) is 4.98 Å². The number of carbonyl (C=O) groups is 1. The Bertz CT molecular complexity index is 789. The van der Waals surface area contributed by atoms with E-state index in [1.165, 1.54) is 11.1 Å². The van der Waals surface area contributed by atoms with Gasteiger partial charge in [-0.15, -0.1) is 0 Å². The molecule has 0 saturated carbocycles. The zero-order chi connectivity index (χ0) is 18.1. The van der Waals surface area contributed by atoms with Gasteiger partial charge in [0.25, 0.3) is 5.91 Å². The van der Waals surface area contributed by atoms with Crippen molar-refractivity contribution in [2.75, 3.05) is 32.7 Å². The van der Waals surface area contributed by atoms with Crippen LogP contribution in [0.15, 0.2) is 30.5 Å². The molecule has 0 aliphatic carbocycles. The Balaban J connectivity index is 1.48. The quantitative estimate of drug-likeness (QED) is 0.853. The smallest absolute Gasteiger partial charge is 0.274 e. The average Bonchev–Trinajstić information content (AvgIpc) is 3.11. The number of benzene rings is 1. The molecule has 1 aromatic carbocycles. The molecule has 2 aromatic rings. The summed E-state index contributed by atoms with van der Waals surface area (Å²) in [4.78, 5) is 21.9. The Labute approximate surface area is 155 Å². The molecule has 0 spiro atoms. The lowest BCUT2D eigenvalue weighted by Crippen LogP contribution is -2.48. The molecule has 5 nitrogen and oxygen atoms in total. The molecule has 3 heterocycles. The fourth-order valence-corrected chi connectivity index (χ4v) is 4.27. The predicted octanol–water partition coefficient (Wildman–Crippen LogP) is 2.70. The minimum atomic E-state index is 0.0927. The van der Waals surface area contributed by atoms with Crippen LogP contribution in [0.5, 0.6) is 0 Å². The van der Waals surface area contributed by atoms with Gasteiger partial charge in [0.1, 0.15) is 11.5 Å². The van der Waals surface area contributed by atoms with Crippen LogP contribution >= 0.6 is 0 Å². The third-order valence-electron chi connectivity index (χ3n) is 5.95. The van der Waals surface area contributed by atoms with Crippen LogP contribution < -0.4 is 0 Å². The number of fused-ring (bicyclic) bond motifs is 1. The van der Waals surface area contributed by atoms with Crippen molar-refractivity contribution in [2.45, 2.75) is 39.2 Å². The lowest BCUT2D eigenvalue weighted by Gasteiger charge is -2.33. The van der Waals surface area contributed by atoms with Crippen LogP contribution in [0, 0.1) is 6.92 Å². The Kier molecular flexibility index (Phi) is 4.81. The van der Waals surface area contributed by atoms with Gasteiger partial charge < -0.3 is 14.4 Å². The molecule has 0 N–H and O–H groups in total. The van der Waals surface area contributed by atoms with Crippen molar-refractivity contribution in [1.82, 2.24) is 19.4 Å². The summed E-state index contributed by atoms with van der Waals surface area (Å²) in [6, 6.07) is 8.64. The number of hydrogen-bond donors (Lipinski definition) is 0. The monoisotopic (exact) mass is 352 g/mol. The molecule has 0 unspecified atom stereocenters. The Hall–Kier alpha value is -2.14. The van der Waals surface area contributed by atoms with Crippen molar-refractivity contribution >= 4 is 5.91 Å². The first-order valence-corrected chi connectivity index (χ1v) is 9.79. The Morgan fingerprint density at radius 1 is 1.19 bits per heavy atom. The summed E-state index contributed by atoms with van der Waals surface area (Å²) in [5.41, 5.74) is 3.40. The zero-order valence-corrected chi connectivity index (χ0v) is 15.8. The predicted molar refractivity (Wildman–Crippen MR) is 102 cm³/mol. The van der Waals surface area contributed by atoms with Crippen LogP contribution in [-0.2, 0) is 13.0 Å². The standard InChI is InChI=1S/C21H28N4O/c1-3-23-10-12-24(13-11-23)21(26)19-15-25-14-17(8-9-20(25)22-19)18-7-5-4-6-16(18)2/h4-7,15,17H,3,8-14H2,1-2H3/t17-/m0/s1. The highest BCUT2D eigenvalue weighted by Gasteiger charge is 2.27. The molecule has 1 aromatic heterocycles. The van der Waals surface area contributed by atoms with Crippen LogP contribution in [0.2, 0.25) is 0 Å². The van der Waals surface area contributed by atoms with Gasteiger partial charge in [-0.3, -0.25) is 4.79 Å². The third-order valence-corrected chi connectivity index (χ3v) is 5.95. The molecule has 1 fully saturated rings. The lowest BCUT2D eigenvalue weighted by atomic mass is 9.89. The summed E-state index contributed by atoms with van der Waals surface area (Å²) in [5.74, 6) is 1.66. The number of carbonyl (C=O) groups excluding carboxylic acids is 1. The molecule has 4 rings (SSSR count). The number of piperazine rings is 1. The summed E-state index contributed by atoms with van der Waals surface area (Å²) >= 11 is 0. The van der Waals surface area contributed by atoms with E-state index in [1.54, 1.807) is 0 Å². The van der Waals surface area contributed by atoms with Crippen molar-refractivity contribution in [3.8, 4) is 0 Å². The number of imidazole rings is 1. The number of hydrogen-bond acceptors (Lipinski definition) is 3. The lowest BCUT2D eigenvalue weighted by molar-refractivity contribution is 0.0638. The highest BCUT2D eigenvalue weighted by molar-refractivity contribution is 5.92. The van der Waals surface area contributed by atoms with E-state index in [2.05, 4.69) is 52.6 Å². The van der Waals surface area contributed by atoms with E-state index >= 15 is 0 Å². The van der Waals surface area contributed by atoms with Gasteiger partial charge >= 0.3 is 0 Å². The van der Waals surface area contributed by atoms with E-state index in [-0.39, 0.29) is 5.91 Å². The van der Waals surface area contributed by atoms with Gasteiger partial charge in [-0.2, -0.15) is 0 Å². The molecule has 26 heavy (non-hydrogen) atoms. The Morgan fingerprint density at radius 3 is 2.69 bits per heavy atom. The molecule has 1 amide bonds. The topological polar surface area (TPSA) is 41.4 Å². The second-order valence-corrected chi connectivity index (χ2v) is 7.51. The number of aryl methyl sites for hydroxylation is 2. The van der Waals surface area contributed by atoms with E-state index in [0.717, 1.165) is 57.9 Å². The highest BCUT2D eigenvalue weighted by atomic mass is 16.2. The fraction of sp³-hybridized carbons (Fsp3) is 0.524. The number of rotatable bonds is 3. The molecule has 1 saturated heterocycles. The number of likely N-dealkylation sites (N-methyl/N-ethyl adjacent to an activating group) is 1. The van der Waals surface area contributed by atoms with Gasteiger partial charge in [0.2, 0.25) is 0 Å². The maximum absolute atomic E-state index is 12.8. The average molecular weight is 352 g/mol. The second-order valence-electron chi connectivity index (χ2n) is 7.51. The Morgan fingerprint density at radius 2 is 1.96 bits per heavy atom. The molecule has 2 aliphatic rings. The molecule has 0 radical (unpaired) electrons. The minimum Gasteiger partial charge on any atom is -0.335 e. The molecular weight excluding hydrogens is 324 g/mol. The summed E-state index contributed by atoms with van der Waals surface area (Å²) in [5, 5.41) is 0. The van der Waals surface area contributed by atoms with Crippen LogP contribution in [0.4, 0.5) is 0 Å². The molecule has 138 valence electrons. The summed E-state index contributed by atoms with van der Waals surface area (Å²) in [7, 11) is 0. The number of aromatic nitrogens is 2. The van der Waals surface area contributed by atoms with Gasteiger partial charge in [0, 0.05) is 51.3 Å². The molecule has 2 aliphatic heterocycles. The maximum atomic E-state index is 12.8. The first kappa shape index (κ1) is 17.3. The number of amides is 1. The van der Waals surface area contributed by atoms with Gasteiger partial charge in [-0.05, 0) is 31.0 Å². The van der Waals surface area contributed by atoms with Crippen molar-refractivity contribution < 1.29 is 4.79 Å². The third kappa shape index (κ3) is 3.28. The van der Waals surface area contributed by atoms with Gasteiger partial charge in [0.15, 0.2) is 0 Å². The van der Waals surface area contributed by atoms with Crippen molar-refractivity contribution in [3.05, 3.63) is 53.1 Å². The summed E-state index contributed by atoms with van der Waals surface area (Å²) < 4.78 is 2.20. The number of nitrogens with zero attached hydrogens (tertiary/aromatic N) is 4. The largest absolute Gasteiger partial charge is 0.335 e. The highest BCUT2D eigenvalue weighted by Crippen LogP contribution is 2.30. The van der Waals surface area contributed by atoms with E-state index < -0.39 is 0 Å². The molecule has 0 bridgehead atoms. The fourth-order valence-electron chi connectivity index (χ4n) is 4.27. The van der Waals surface area contributed by atoms with Crippen LogP contribution in [-0.4, -0.2) is 58.0 Å². The van der Waals surface area contributed by atoms with E-state index in [9.17, 15) is 4.79 Å². The maximum Gasteiger partial charge on any atom is 0.274 e. The SMILES string of the molecule is CCN1CCN(C(=O)c2cn3c(n2)CC[C@H](c2ccccc2C)C3)CC1. The summed E-state index contributed by atoms with van der Waals surface area (Å²) in [6.45, 7) is 9.87. The van der Waals surface area contributed by atoms with Gasteiger partial charge in [-0.1, -0.05) is 31.2 Å². The normalized spacial score (nSPS) is 20.8. The first-order chi connectivity index (χ1) is 12.7. The van der Waals surface area contributed by atoms with Crippen LogP contribution in [0.1, 0.15) is 46.7 Å². The van der Waals surface area contributed by atoms with E-state index in [4.69, 9.17) is 0 Å². The second kappa shape index (κ2) is 7.23.